The zero-order valence-corrected chi connectivity index (χ0v) is 12.5. The van der Waals surface area contributed by atoms with Gasteiger partial charge < -0.3 is 10.1 Å². The molecule has 2 aromatic rings. The molecule has 0 saturated carbocycles. The summed E-state index contributed by atoms with van der Waals surface area (Å²) in [6, 6.07) is 9.79. The first-order valence-electron chi connectivity index (χ1n) is 7.08. The number of carbonyl (C=O) groups is 1. The first kappa shape index (κ1) is 15.3. The molecule has 5 nitrogen and oxygen atoms in total. The fraction of sp³-hybridized carbons (Fsp3) is 0.375. The van der Waals surface area contributed by atoms with Gasteiger partial charge >= 0.3 is 0 Å². The number of rotatable bonds is 7. The van der Waals surface area contributed by atoms with E-state index in [9.17, 15) is 4.79 Å². The zero-order valence-electron chi connectivity index (χ0n) is 12.5. The number of ether oxygens (including phenoxy) is 1. The highest BCUT2D eigenvalue weighted by atomic mass is 16.5. The third-order valence-electron chi connectivity index (χ3n) is 3.22. The SMILES string of the molecule is CCC(NC(=O)COCc1ccccc1)c1cnn(C)c1. The minimum Gasteiger partial charge on any atom is -0.367 e. The van der Waals surface area contributed by atoms with Gasteiger partial charge in [-0.05, 0) is 12.0 Å². The van der Waals surface area contributed by atoms with Crippen LogP contribution < -0.4 is 5.32 Å². The summed E-state index contributed by atoms with van der Waals surface area (Å²) in [5.41, 5.74) is 2.07. The molecule has 1 unspecified atom stereocenters. The Kier molecular flexibility index (Phi) is 5.51. The molecule has 1 heterocycles. The highest BCUT2D eigenvalue weighted by Crippen LogP contribution is 2.15. The maximum Gasteiger partial charge on any atom is 0.246 e. The number of benzene rings is 1. The second-order valence-electron chi connectivity index (χ2n) is 4.95. The Bertz CT molecular complexity index is 566. The number of hydrogen-bond acceptors (Lipinski definition) is 3. The van der Waals surface area contributed by atoms with Gasteiger partial charge in [0, 0.05) is 18.8 Å². The van der Waals surface area contributed by atoms with Gasteiger partial charge in [0.15, 0.2) is 0 Å². The Morgan fingerprint density at radius 1 is 1.38 bits per heavy atom. The minimum atomic E-state index is -0.110. The van der Waals surface area contributed by atoms with Crippen LogP contribution in [0.1, 0.15) is 30.5 Å². The van der Waals surface area contributed by atoms with Gasteiger partial charge in [-0.15, -0.1) is 0 Å². The Labute approximate surface area is 124 Å². The number of nitrogens with zero attached hydrogens (tertiary/aromatic N) is 2. The smallest absolute Gasteiger partial charge is 0.246 e. The molecule has 1 aromatic carbocycles. The van der Waals surface area contributed by atoms with E-state index < -0.39 is 0 Å². The van der Waals surface area contributed by atoms with Crippen molar-refractivity contribution < 1.29 is 9.53 Å². The summed E-state index contributed by atoms with van der Waals surface area (Å²) in [5, 5.41) is 7.09. The standard InChI is InChI=1S/C16H21N3O2/c1-3-15(14-9-17-19(2)10-14)18-16(20)12-21-11-13-7-5-4-6-8-13/h4-10,15H,3,11-12H2,1-2H3,(H,18,20). The van der Waals surface area contributed by atoms with Crippen molar-refractivity contribution in [1.29, 1.82) is 0 Å². The maximum absolute atomic E-state index is 11.9. The number of amides is 1. The fourth-order valence-corrected chi connectivity index (χ4v) is 2.11. The topological polar surface area (TPSA) is 56.1 Å². The van der Waals surface area contributed by atoms with Gasteiger partial charge in [-0.2, -0.15) is 5.10 Å². The van der Waals surface area contributed by atoms with Gasteiger partial charge in [0.25, 0.3) is 0 Å². The molecule has 112 valence electrons. The second kappa shape index (κ2) is 7.59. The van der Waals surface area contributed by atoms with Crippen molar-refractivity contribution in [2.45, 2.75) is 26.0 Å². The first-order chi connectivity index (χ1) is 10.2. The molecule has 0 aliphatic rings. The van der Waals surface area contributed by atoms with E-state index in [4.69, 9.17) is 4.74 Å². The van der Waals surface area contributed by atoms with Crippen molar-refractivity contribution in [2.75, 3.05) is 6.61 Å². The lowest BCUT2D eigenvalue weighted by molar-refractivity contribution is -0.126. The van der Waals surface area contributed by atoms with Crippen LogP contribution in [0.15, 0.2) is 42.7 Å². The molecular weight excluding hydrogens is 266 g/mol. The van der Waals surface area contributed by atoms with Crippen LogP contribution in [-0.4, -0.2) is 22.3 Å². The van der Waals surface area contributed by atoms with Crippen LogP contribution in [0.5, 0.6) is 0 Å². The van der Waals surface area contributed by atoms with E-state index in [2.05, 4.69) is 10.4 Å². The summed E-state index contributed by atoms with van der Waals surface area (Å²) in [7, 11) is 1.86. The quantitative estimate of drug-likeness (QED) is 0.849. The molecule has 5 heteroatoms. The lowest BCUT2D eigenvalue weighted by Crippen LogP contribution is -2.31. The number of carbonyl (C=O) groups excluding carboxylic acids is 1. The van der Waals surface area contributed by atoms with E-state index in [1.807, 2.05) is 50.5 Å². The lowest BCUT2D eigenvalue weighted by Gasteiger charge is -2.15. The fourth-order valence-electron chi connectivity index (χ4n) is 2.11. The van der Waals surface area contributed by atoms with Crippen LogP contribution in [-0.2, 0) is 23.2 Å². The average Bonchev–Trinajstić information content (AvgIpc) is 2.92. The van der Waals surface area contributed by atoms with E-state index >= 15 is 0 Å². The second-order valence-corrected chi connectivity index (χ2v) is 4.95. The molecule has 0 aliphatic carbocycles. The average molecular weight is 287 g/mol. The molecule has 0 saturated heterocycles. The van der Waals surface area contributed by atoms with Crippen LogP contribution in [0.2, 0.25) is 0 Å². The molecule has 0 aliphatic heterocycles. The number of aromatic nitrogens is 2. The van der Waals surface area contributed by atoms with Crippen molar-refractivity contribution in [1.82, 2.24) is 15.1 Å². The minimum absolute atomic E-state index is 0.0217. The van der Waals surface area contributed by atoms with Crippen LogP contribution >= 0.6 is 0 Å². The molecule has 1 amide bonds. The van der Waals surface area contributed by atoms with E-state index in [1.54, 1.807) is 10.9 Å². The number of aryl methyl sites for hydroxylation is 1. The Balaban J connectivity index is 1.78. The monoisotopic (exact) mass is 287 g/mol. The highest BCUT2D eigenvalue weighted by molar-refractivity contribution is 5.77. The maximum atomic E-state index is 11.9. The largest absolute Gasteiger partial charge is 0.367 e. The zero-order chi connectivity index (χ0) is 15.1. The van der Waals surface area contributed by atoms with Gasteiger partial charge in [-0.3, -0.25) is 9.48 Å². The van der Waals surface area contributed by atoms with Crippen molar-refractivity contribution >= 4 is 5.91 Å². The molecule has 0 fully saturated rings. The number of nitrogens with one attached hydrogen (secondary N) is 1. The third kappa shape index (κ3) is 4.72. The predicted octanol–water partition coefficient (Wildman–Crippen LogP) is 2.20. The molecule has 1 atom stereocenters. The van der Waals surface area contributed by atoms with Gasteiger partial charge in [0.05, 0.1) is 18.8 Å². The summed E-state index contributed by atoms with van der Waals surface area (Å²) in [6.07, 6.45) is 4.51. The Morgan fingerprint density at radius 2 is 2.14 bits per heavy atom. The molecule has 1 N–H and O–H groups in total. The van der Waals surface area contributed by atoms with Gasteiger partial charge in [-0.25, -0.2) is 0 Å². The number of hydrogen-bond donors (Lipinski definition) is 1. The highest BCUT2D eigenvalue weighted by Gasteiger charge is 2.14. The summed E-state index contributed by atoms with van der Waals surface area (Å²) in [6.45, 7) is 2.53. The molecule has 0 bridgehead atoms. The summed E-state index contributed by atoms with van der Waals surface area (Å²) in [4.78, 5) is 11.9. The Morgan fingerprint density at radius 3 is 2.76 bits per heavy atom. The summed E-state index contributed by atoms with van der Waals surface area (Å²) < 4.78 is 7.17. The first-order valence-corrected chi connectivity index (χ1v) is 7.08. The molecule has 0 spiro atoms. The van der Waals surface area contributed by atoms with E-state index in [0.717, 1.165) is 17.5 Å². The summed E-state index contributed by atoms with van der Waals surface area (Å²) in [5.74, 6) is -0.110. The van der Waals surface area contributed by atoms with Gasteiger partial charge in [-0.1, -0.05) is 37.3 Å². The van der Waals surface area contributed by atoms with Crippen molar-refractivity contribution in [3.8, 4) is 0 Å². The van der Waals surface area contributed by atoms with Crippen LogP contribution in [0.4, 0.5) is 0 Å². The normalized spacial score (nSPS) is 12.1. The molecule has 0 radical (unpaired) electrons. The van der Waals surface area contributed by atoms with Crippen LogP contribution in [0, 0.1) is 0 Å². The van der Waals surface area contributed by atoms with Crippen LogP contribution in [0.3, 0.4) is 0 Å². The van der Waals surface area contributed by atoms with Gasteiger partial charge in [0.2, 0.25) is 5.91 Å². The van der Waals surface area contributed by atoms with E-state index in [1.165, 1.54) is 0 Å². The predicted molar refractivity (Wildman–Crippen MR) is 80.5 cm³/mol. The Hall–Kier alpha value is -2.14. The molecular formula is C16H21N3O2. The van der Waals surface area contributed by atoms with E-state index in [-0.39, 0.29) is 18.6 Å². The van der Waals surface area contributed by atoms with Crippen molar-refractivity contribution in [2.24, 2.45) is 7.05 Å². The van der Waals surface area contributed by atoms with Gasteiger partial charge in [0.1, 0.15) is 6.61 Å². The summed E-state index contributed by atoms with van der Waals surface area (Å²) >= 11 is 0. The van der Waals surface area contributed by atoms with Crippen molar-refractivity contribution in [3.05, 3.63) is 53.9 Å². The molecule has 2 rings (SSSR count). The van der Waals surface area contributed by atoms with Crippen LogP contribution in [0.25, 0.3) is 0 Å². The molecule has 1 aromatic heterocycles. The van der Waals surface area contributed by atoms with E-state index in [0.29, 0.717) is 6.61 Å². The third-order valence-corrected chi connectivity index (χ3v) is 3.22. The molecule has 21 heavy (non-hydrogen) atoms. The lowest BCUT2D eigenvalue weighted by atomic mass is 10.1. The van der Waals surface area contributed by atoms with Crippen molar-refractivity contribution in [3.63, 3.8) is 0 Å².